The Hall–Kier alpha value is -2.40. The van der Waals surface area contributed by atoms with E-state index in [4.69, 9.17) is 9.47 Å². The molecule has 0 N–H and O–H groups in total. The second-order valence-corrected chi connectivity index (χ2v) is 7.16. The van der Waals surface area contributed by atoms with Crippen molar-refractivity contribution >= 4 is 11.4 Å². The van der Waals surface area contributed by atoms with Gasteiger partial charge in [-0.1, -0.05) is 24.3 Å². The fraction of sp³-hybridized carbons (Fsp3) is 0.455. The van der Waals surface area contributed by atoms with E-state index in [2.05, 4.69) is 45.0 Å². The number of para-hydroxylation sites is 4. The predicted octanol–water partition coefficient (Wildman–Crippen LogP) is 3.11. The van der Waals surface area contributed by atoms with Gasteiger partial charge in [0.2, 0.25) is 0 Å². The van der Waals surface area contributed by atoms with Crippen molar-refractivity contribution < 1.29 is 9.47 Å². The molecule has 2 aliphatic rings. The van der Waals surface area contributed by atoms with Gasteiger partial charge in [-0.15, -0.1) is 0 Å². The highest BCUT2D eigenvalue weighted by atomic mass is 16.5. The Balaban J connectivity index is 1.25. The van der Waals surface area contributed by atoms with Crippen molar-refractivity contribution in [2.75, 3.05) is 69.3 Å². The topological polar surface area (TPSA) is 28.2 Å². The van der Waals surface area contributed by atoms with Crippen LogP contribution in [0.4, 0.5) is 11.4 Å². The van der Waals surface area contributed by atoms with Crippen LogP contribution in [0.15, 0.2) is 48.5 Å². The number of fused-ring (bicyclic) bond motifs is 1. The van der Waals surface area contributed by atoms with E-state index >= 15 is 0 Å². The number of benzene rings is 2. The molecule has 2 aromatic carbocycles. The van der Waals surface area contributed by atoms with Crippen molar-refractivity contribution in [3.63, 3.8) is 0 Å². The highest BCUT2D eigenvalue weighted by Gasteiger charge is 2.20. The lowest BCUT2D eigenvalue weighted by atomic mass is 10.2. The molecule has 0 saturated carbocycles. The predicted molar refractivity (Wildman–Crippen MR) is 110 cm³/mol. The standard InChI is InChI=1S/C22H29N3O2/c1-26-21-9-4-2-7-19(21)25-15-13-23(14-16-25)11-6-12-24-17-18-27-22-10-5-3-8-20(22)24/h2-5,7-10H,6,11-18H2,1H3. The van der Waals surface area contributed by atoms with Gasteiger partial charge in [0.1, 0.15) is 18.1 Å². The second-order valence-electron chi connectivity index (χ2n) is 7.16. The van der Waals surface area contributed by atoms with Gasteiger partial charge in [0, 0.05) is 32.7 Å². The molecule has 1 fully saturated rings. The molecule has 144 valence electrons. The van der Waals surface area contributed by atoms with Crippen LogP contribution < -0.4 is 19.3 Å². The zero-order valence-corrected chi connectivity index (χ0v) is 16.1. The Morgan fingerprint density at radius 3 is 2.41 bits per heavy atom. The van der Waals surface area contributed by atoms with Crippen molar-refractivity contribution in [2.45, 2.75) is 6.42 Å². The van der Waals surface area contributed by atoms with Crippen LogP contribution in [0, 0.1) is 0 Å². The number of hydrogen-bond acceptors (Lipinski definition) is 5. The van der Waals surface area contributed by atoms with Gasteiger partial charge in [-0.2, -0.15) is 0 Å². The van der Waals surface area contributed by atoms with Crippen LogP contribution in [0.3, 0.4) is 0 Å². The van der Waals surface area contributed by atoms with Crippen molar-refractivity contribution in [2.24, 2.45) is 0 Å². The number of ether oxygens (including phenoxy) is 2. The van der Waals surface area contributed by atoms with Crippen LogP contribution in [-0.2, 0) is 0 Å². The SMILES string of the molecule is COc1ccccc1N1CCN(CCCN2CCOc3ccccc32)CC1. The van der Waals surface area contributed by atoms with Crippen LogP contribution >= 0.6 is 0 Å². The van der Waals surface area contributed by atoms with Crippen molar-refractivity contribution in [1.29, 1.82) is 0 Å². The summed E-state index contributed by atoms with van der Waals surface area (Å²) >= 11 is 0. The van der Waals surface area contributed by atoms with Gasteiger partial charge in [0.15, 0.2) is 0 Å². The maximum atomic E-state index is 5.75. The third-order valence-corrected chi connectivity index (χ3v) is 5.53. The van der Waals surface area contributed by atoms with Crippen LogP contribution in [0.2, 0.25) is 0 Å². The van der Waals surface area contributed by atoms with E-state index in [1.807, 2.05) is 18.2 Å². The van der Waals surface area contributed by atoms with E-state index in [1.165, 1.54) is 17.8 Å². The first-order chi connectivity index (χ1) is 13.3. The minimum absolute atomic E-state index is 0.786. The molecule has 0 amide bonds. The molecule has 1 saturated heterocycles. The van der Waals surface area contributed by atoms with E-state index < -0.39 is 0 Å². The normalized spacial score (nSPS) is 17.4. The maximum absolute atomic E-state index is 5.75. The van der Waals surface area contributed by atoms with E-state index in [0.717, 1.165) is 63.9 Å². The van der Waals surface area contributed by atoms with Gasteiger partial charge in [-0.3, -0.25) is 4.90 Å². The number of hydrogen-bond donors (Lipinski definition) is 0. The quantitative estimate of drug-likeness (QED) is 0.782. The summed E-state index contributed by atoms with van der Waals surface area (Å²) in [5.41, 5.74) is 2.45. The van der Waals surface area contributed by atoms with Gasteiger partial charge in [0.25, 0.3) is 0 Å². The molecule has 4 rings (SSSR count). The smallest absolute Gasteiger partial charge is 0.142 e. The lowest BCUT2D eigenvalue weighted by Gasteiger charge is -2.37. The summed E-state index contributed by atoms with van der Waals surface area (Å²) in [7, 11) is 1.75. The average Bonchev–Trinajstić information content (AvgIpc) is 2.74. The summed E-state index contributed by atoms with van der Waals surface area (Å²) in [5, 5.41) is 0. The van der Waals surface area contributed by atoms with Crippen molar-refractivity contribution in [3.05, 3.63) is 48.5 Å². The lowest BCUT2D eigenvalue weighted by molar-refractivity contribution is 0.252. The molecule has 0 aliphatic carbocycles. The molecule has 2 heterocycles. The van der Waals surface area contributed by atoms with E-state index in [0.29, 0.717) is 0 Å². The summed E-state index contributed by atoms with van der Waals surface area (Å²) in [6.07, 6.45) is 1.18. The van der Waals surface area contributed by atoms with Gasteiger partial charge < -0.3 is 19.3 Å². The van der Waals surface area contributed by atoms with Gasteiger partial charge >= 0.3 is 0 Å². The Morgan fingerprint density at radius 1 is 0.852 bits per heavy atom. The molecular formula is C22H29N3O2. The first-order valence-corrected chi connectivity index (χ1v) is 9.92. The van der Waals surface area contributed by atoms with Crippen molar-refractivity contribution in [3.8, 4) is 11.5 Å². The van der Waals surface area contributed by atoms with Gasteiger partial charge in [0.05, 0.1) is 25.0 Å². The highest BCUT2D eigenvalue weighted by molar-refractivity contribution is 5.60. The zero-order valence-electron chi connectivity index (χ0n) is 16.1. The summed E-state index contributed by atoms with van der Waals surface area (Å²) in [5.74, 6) is 1.99. The third-order valence-electron chi connectivity index (χ3n) is 5.53. The minimum Gasteiger partial charge on any atom is -0.495 e. The van der Waals surface area contributed by atoms with Crippen LogP contribution in [0.25, 0.3) is 0 Å². The van der Waals surface area contributed by atoms with Crippen LogP contribution in [0.1, 0.15) is 6.42 Å². The number of piperazine rings is 1. The molecule has 0 spiro atoms. The summed E-state index contributed by atoms with van der Waals surface area (Å²) < 4.78 is 11.3. The lowest BCUT2D eigenvalue weighted by Crippen LogP contribution is -2.47. The second kappa shape index (κ2) is 8.53. The van der Waals surface area contributed by atoms with Gasteiger partial charge in [-0.25, -0.2) is 0 Å². The fourth-order valence-electron chi connectivity index (χ4n) is 4.05. The highest BCUT2D eigenvalue weighted by Crippen LogP contribution is 2.31. The molecule has 2 aromatic rings. The van der Waals surface area contributed by atoms with E-state index in [1.54, 1.807) is 7.11 Å². The number of rotatable bonds is 6. The molecule has 27 heavy (non-hydrogen) atoms. The summed E-state index contributed by atoms with van der Waals surface area (Å²) in [6, 6.07) is 16.7. The Kier molecular flexibility index (Phi) is 5.68. The zero-order chi connectivity index (χ0) is 18.5. The van der Waals surface area contributed by atoms with Crippen LogP contribution in [-0.4, -0.2) is 64.4 Å². The number of nitrogens with zero attached hydrogens (tertiary/aromatic N) is 3. The van der Waals surface area contributed by atoms with Crippen molar-refractivity contribution in [1.82, 2.24) is 4.90 Å². The van der Waals surface area contributed by atoms with E-state index in [9.17, 15) is 0 Å². The minimum atomic E-state index is 0.786. The molecule has 5 heteroatoms. The molecule has 2 aliphatic heterocycles. The Labute approximate surface area is 162 Å². The average molecular weight is 367 g/mol. The first-order valence-electron chi connectivity index (χ1n) is 9.92. The Bertz CT molecular complexity index is 744. The van der Waals surface area contributed by atoms with Crippen LogP contribution in [0.5, 0.6) is 11.5 Å². The Morgan fingerprint density at radius 2 is 1.59 bits per heavy atom. The molecule has 0 unspecified atom stereocenters. The largest absolute Gasteiger partial charge is 0.495 e. The summed E-state index contributed by atoms with van der Waals surface area (Å²) in [4.78, 5) is 7.48. The maximum Gasteiger partial charge on any atom is 0.142 e. The molecule has 0 radical (unpaired) electrons. The molecular weight excluding hydrogens is 338 g/mol. The summed E-state index contributed by atoms with van der Waals surface area (Å²) in [6.45, 7) is 8.34. The number of anilines is 2. The molecule has 5 nitrogen and oxygen atoms in total. The molecule has 0 atom stereocenters. The van der Waals surface area contributed by atoms with E-state index in [-0.39, 0.29) is 0 Å². The first kappa shape index (κ1) is 18.0. The molecule has 0 aromatic heterocycles. The monoisotopic (exact) mass is 367 g/mol. The van der Waals surface area contributed by atoms with Gasteiger partial charge in [-0.05, 0) is 37.2 Å². The fourth-order valence-corrected chi connectivity index (χ4v) is 4.05. The molecule has 0 bridgehead atoms. The number of methoxy groups -OCH3 is 1. The third kappa shape index (κ3) is 4.14.